The highest BCUT2D eigenvalue weighted by molar-refractivity contribution is 5.87. The van der Waals surface area contributed by atoms with E-state index < -0.39 is 0 Å². The second kappa shape index (κ2) is 10.1. The molecule has 1 aliphatic heterocycles. The highest BCUT2D eigenvalue weighted by Crippen LogP contribution is 2.23. The minimum Gasteiger partial charge on any atom is -0.481 e. The fraction of sp³-hybridized carbons (Fsp3) is 0.409. The Kier molecular flexibility index (Phi) is 7.24. The lowest BCUT2D eigenvalue weighted by atomic mass is 10.0. The molecule has 1 fully saturated rings. The second-order valence-corrected chi connectivity index (χ2v) is 7.65. The van der Waals surface area contributed by atoms with Gasteiger partial charge in [-0.15, -0.1) is 0 Å². The van der Waals surface area contributed by atoms with Crippen LogP contribution >= 0.6 is 0 Å². The maximum absolute atomic E-state index is 12.5. The fourth-order valence-corrected chi connectivity index (χ4v) is 3.44. The lowest BCUT2D eigenvalue weighted by Crippen LogP contribution is -2.45. The molecule has 1 amide bonds. The first-order valence-electron chi connectivity index (χ1n) is 10.1. The van der Waals surface area contributed by atoms with Crippen LogP contribution in [0.5, 0.6) is 5.88 Å². The topological polar surface area (TPSA) is 90.6 Å². The summed E-state index contributed by atoms with van der Waals surface area (Å²) < 4.78 is 5.18. The van der Waals surface area contributed by atoms with E-state index in [-0.39, 0.29) is 17.5 Å². The fourth-order valence-electron chi connectivity index (χ4n) is 3.44. The zero-order valence-corrected chi connectivity index (χ0v) is 17.7. The number of hydrogen-bond acceptors (Lipinski definition) is 6. The number of amides is 1. The van der Waals surface area contributed by atoms with Crippen molar-refractivity contribution in [2.45, 2.75) is 18.9 Å². The van der Waals surface area contributed by atoms with Crippen LogP contribution in [0.25, 0.3) is 11.1 Å². The zero-order chi connectivity index (χ0) is 21.5. The third-order valence-electron chi connectivity index (χ3n) is 5.00. The molecule has 2 aromatic rings. The number of piperidine rings is 1. The number of nitrogens with one attached hydrogen (secondary N) is 2. The first kappa shape index (κ1) is 21.6. The number of nitrogens with zero attached hydrogens (tertiary/aromatic N) is 3. The monoisotopic (exact) mass is 411 g/mol. The molecule has 0 radical (unpaired) electrons. The number of carbonyl (C=O) groups is 1. The first-order valence-corrected chi connectivity index (χ1v) is 10.1. The summed E-state index contributed by atoms with van der Waals surface area (Å²) in [6.07, 6.45) is 8.64. The van der Waals surface area contributed by atoms with E-state index in [1.807, 2.05) is 48.2 Å². The van der Waals surface area contributed by atoms with Crippen molar-refractivity contribution in [2.24, 2.45) is 0 Å². The zero-order valence-electron chi connectivity index (χ0n) is 17.7. The van der Waals surface area contributed by atoms with Crippen LogP contribution in [0.4, 0.5) is 5.69 Å². The van der Waals surface area contributed by atoms with Crippen molar-refractivity contribution in [3.8, 4) is 17.0 Å². The van der Waals surface area contributed by atoms with Crippen LogP contribution < -0.4 is 15.6 Å². The van der Waals surface area contributed by atoms with Gasteiger partial charge in [0.25, 0.3) is 5.56 Å². The summed E-state index contributed by atoms with van der Waals surface area (Å²) in [6, 6.07) is 5.53. The van der Waals surface area contributed by atoms with Gasteiger partial charge in [-0.25, -0.2) is 4.98 Å². The number of methoxy groups -OCH3 is 1. The van der Waals surface area contributed by atoms with Crippen LogP contribution in [0.3, 0.4) is 0 Å². The van der Waals surface area contributed by atoms with Crippen molar-refractivity contribution in [1.82, 2.24) is 19.8 Å². The van der Waals surface area contributed by atoms with Gasteiger partial charge in [0.2, 0.25) is 11.8 Å². The van der Waals surface area contributed by atoms with Gasteiger partial charge in [0.15, 0.2) is 0 Å². The number of pyridine rings is 2. The molecule has 2 N–H and O–H groups in total. The Morgan fingerprint density at radius 3 is 3.00 bits per heavy atom. The number of aromatic amines is 1. The molecule has 2 aromatic heterocycles. The Morgan fingerprint density at radius 1 is 1.40 bits per heavy atom. The second-order valence-electron chi connectivity index (χ2n) is 7.65. The van der Waals surface area contributed by atoms with E-state index in [1.54, 1.807) is 25.6 Å². The van der Waals surface area contributed by atoms with Gasteiger partial charge in [0, 0.05) is 55.8 Å². The van der Waals surface area contributed by atoms with Crippen LogP contribution in [-0.4, -0.2) is 72.6 Å². The maximum atomic E-state index is 12.5. The van der Waals surface area contributed by atoms with Crippen LogP contribution in [0, 0.1) is 0 Å². The minimum atomic E-state index is -0.186. The number of carbonyl (C=O) groups excluding carboxylic acids is 1. The van der Waals surface area contributed by atoms with Crippen LogP contribution in [0.1, 0.15) is 12.8 Å². The molecule has 30 heavy (non-hydrogen) atoms. The average molecular weight is 412 g/mol. The number of rotatable bonds is 7. The van der Waals surface area contributed by atoms with Gasteiger partial charge in [-0.1, -0.05) is 6.08 Å². The normalized spacial score (nSPS) is 16.8. The Balaban J connectivity index is 1.70. The Bertz CT molecular complexity index is 954. The highest BCUT2D eigenvalue weighted by atomic mass is 16.5. The standard InChI is InChI=1S/C22H29N5O3/c1-26(2)10-5-7-21(28)27-11-4-6-18(15-27)25-19-12-17(14-24-22(19)29)16-8-9-23-20(13-16)30-3/h5,7-9,12-14,18,25H,4,6,10-11,15H2,1-3H3,(H,24,29)/t18-/m1/s1. The molecule has 3 heterocycles. The highest BCUT2D eigenvalue weighted by Gasteiger charge is 2.23. The van der Waals surface area contributed by atoms with Crippen LogP contribution in [-0.2, 0) is 4.79 Å². The van der Waals surface area contributed by atoms with Crippen molar-refractivity contribution in [2.75, 3.05) is 46.2 Å². The van der Waals surface area contributed by atoms with E-state index in [4.69, 9.17) is 4.74 Å². The SMILES string of the molecule is COc1cc(-c2c[nH]c(=O)c(N[C@@H]3CCCN(C(=O)C=CCN(C)C)C3)c2)ccn1. The molecule has 160 valence electrons. The smallest absolute Gasteiger partial charge is 0.271 e. The number of H-pyrrole nitrogens is 1. The molecular formula is C22H29N5O3. The summed E-state index contributed by atoms with van der Waals surface area (Å²) in [6.45, 7) is 2.03. The largest absolute Gasteiger partial charge is 0.481 e. The van der Waals surface area contributed by atoms with E-state index in [9.17, 15) is 9.59 Å². The predicted octanol–water partition coefficient (Wildman–Crippen LogP) is 1.97. The quantitative estimate of drug-likeness (QED) is 0.677. The molecular weight excluding hydrogens is 382 g/mol. The summed E-state index contributed by atoms with van der Waals surface area (Å²) in [4.78, 5) is 35.6. The van der Waals surface area contributed by atoms with Crippen LogP contribution in [0.15, 0.2) is 47.5 Å². The number of hydrogen-bond donors (Lipinski definition) is 2. The molecule has 0 aliphatic carbocycles. The van der Waals surface area contributed by atoms with Gasteiger partial charge in [-0.3, -0.25) is 9.59 Å². The van der Waals surface area contributed by atoms with Crippen molar-refractivity contribution >= 4 is 11.6 Å². The van der Waals surface area contributed by atoms with E-state index in [2.05, 4.69) is 15.3 Å². The molecule has 1 atom stereocenters. The number of anilines is 1. The van der Waals surface area contributed by atoms with E-state index in [0.717, 1.165) is 37.1 Å². The summed E-state index contributed by atoms with van der Waals surface area (Å²) in [5.74, 6) is 0.520. The third kappa shape index (κ3) is 5.70. The van der Waals surface area contributed by atoms with E-state index >= 15 is 0 Å². The third-order valence-corrected chi connectivity index (χ3v) is 5.00. The van der Waals surface area contributed by atoms with Crippen molar-refractivity contribution in [3.63, 3.8) is 0 Å². The molecule has 0 spiro atoms. The molecule has 0 aromatic carbocycles. The summed E-state index contributed by atoms with van der Waals surface area (Å²) in [5, 5.41) is 3.33. The van der Waals surface area contributed by atoms with E-state index in [1.165, 1.54) is 0 Å². The van der Waals surface area contributed by atoms with Gasteiger partial charge in [0.1, 0.15) is 5.69 Å². The van der Waals surface area contributed by atoms with Crippen molar-refractivity contribution < 1.29 is 9.53 Å². The number of aromatic nitrogens is 2. The van der Waals surface area contributed by atoms with Gasteiger partial charge < -0.3 is 24.8 Å². The number of likely N-dealkylation sites (N-methyl/N-ethyl adjacent to an activating group) is 1. The maximum Gasteiger partial charge on any atom is 0.271 e. The van der Waals surface area contributed by atoms with Gasteiger partial charge >= 0.3 is 0 Å². The molecule has 8 nitrogen and oxygen atoms in total. The Morgan fingerprint density at radius 2 is 2.23 bits per heavy atom. The van der Waals surface area contributed by atoms with Gasteiger partial charge in [0.05, 0.1) is 7.11 Å². The van der Waals surface area contributed by atoms with Crippen LogP contribution in [0.2, 0.25) is 0 Å². The lowest BCUT2D eigenvalue weighted by molar-refractivity contribution is -0.127. The number of likely N-dealkylation sites (tertiary alicyclic amines) is 1. The van der Waals surface area contributed by atoms with Gasteiger partial charge in [-0.05, 0) is 44.6 Å². The molecule has 0 bridgehead atoms. The molecule has 8 heteroatoms. The number of ether oxygens (including phenoxy) is 1. The van der Waals surface area contributed by atoms with Gasteiger partial charge in [-0.2, -0.15) is 0 Å². The summed E-state index contributed by atoms with van der Waals surface area (Å²) in [5.41, 5.74) is 2.06. The first-order chi connectivity index (χ1) is 14.5. The molecule has 0 unspecified atom stereocenters. The minimum absolute atomic E-state index is 0.00916. The molecule has 0 saturated carbocycles. The molecule has 1 aliphatic rings. The molecule has 3 rings (SSSR count). The average Bonchev–Trinajstić information content (AvgIpc) is 2.75. The lowest BCUT2D eigenvalue weighted by Gasteiger charge is -2.33. The van der Waals surface area contributed by atoms with Crippen molar-refractivity contribution in [3.05, 3.63) is 53.1 Å². The Hall–Kier alpha value is -3.13. The summed E-state index contributed by atoms with van der Waals surface area (Å²) >= 11 is 0. The Labute approximate surface area is 176 Å². The van der Waals surface area contributed by atoms with Crippen molar-refractivity contribution in [1.29, 1.82) is 0 Å². The summed E-state index contributed by atoms with van der Waals surface area (Å²) in [7, 11) is 5.49. The van der Waals surface area contributed by atoms with E-state index in [0.29, 0.717) is 18.1 Å². The molecule has 1 saturated heterocycles. The predicted molar refractivity (Wildman–Crippen MR) is 118 cm³/mol.